The average molecular weight is 1140 g/mol. The predicted molar refractivity (Wildman–Crippen MR) is 331 cm³/mol. The molecule has 0 radical (unpaired) electrons. The number of ether oxygens (including phenoxy) is 5. The van der Waals surface area contributed by atoms with Crippen LogP contribution in [0.3, 0.4) is 0 Å². The quantitative estimate of drug-likeness (QED) is 0.0228. The maximum absolute atomic E-state index is 13.2. The standard InChI is InChI=1S/C69H116O12/c1-4-7-10-13-16-19-22-25-28-30-31-33-35-37-40-43-46-49-52-55-61(70)77-58-60(79-62(71)56-53-50-47-44-41-38-34-27-24-21-18-15-12-9-6-3)59-78-69-67(65(74)64(73)66(81-69)68(75)76)80-63(72)57-54-51-48-45-42-39-36-32-29-26-23-20-17-14-11-8-5-2/h7,10,16,19,25-29,31,33-34,37,40,60,64-67,69,73-74H,4-6,8-9,11-15,17-18,20-24,30,32,35-36,38-39,41-59H2,1-3H3,(H,75,76)/b10-7-,19-16-,28-25-,29-26-,33-31-,34-27-,40-37-. The van der Waals surface area contributed by atoms with Crippen LogP contribution < -0.4 is 0 Å². The number of carboxylic acids is 1. The number of allylic oxidation sites excluding steroid dienone is 14. The third-order valence-electron chi connectivity index (χ3n) is 14.4. The summed E-state index contributed by atoms with van der Waals surface area (Å²) >= 11 is 0. The van der Waals surface area contributed by atoms with Crippen molar-refractivity contribution >= 4 is 23.9 Å². The van der Waals surface area contributed by atoms with Crippen LogP contribution in [-0.4, -0.2) is 89.2 Å². The molecule has 1 fully saturated rings. The van der Waals surface area contributed by atoms with E-state index in [1.807, 2.05) is 0 Å². The van der Waals surface area contributed by atoms with Crippen molar-refractivity contribution in [2.24, 2.45) is 0 Å². The lowest BCUT2D eigenvalue weighted by molar-refractivity contribution is -0.301. The Bertz CT molecular complexity index is 1730. The van der Waals surface area contributed by atoms with E-state index in [0.717, 1.165) is 128 Å². The van der Waals surface area contributed by atoms with Crippen molar-refractivity contribution in [3.63, 3.8) is 0 Å². The summed E-state index contributed by atoms with van der Waals surface area (Å²) in [6.45, 7) is 5.86. The number of aliphatic carboxylic acids is 1. The zero-order chi connectivity index (χ0) is 58.9. The van der Waals surface area contributed by atoms with Crippen molar-refractivity contribution in [2.75, 3.05) is 13.2 Å². The van der Waals surface area contributed by atoms with E-state index in [0.29, 0.717) is 19.3 Å². The Hall–Kier alpha value is -4.10. The topological polar surface area (TPSA) is 175 Å². The summed E-state index contributed by atoms with van der Waals surface area (Å²) in [5.74, 6) is -3.17. The van der Waals surface area contributed by atoms with Gasteiger partial charge in [0.15, 0.2) is 24.6 Å². The Balaban J connectivity index is 2.69. The van der Waals surface area contributed by atoms with E-state index in [1.165, 1.54) is 89.9 Å². The van der Waals surface area contributed by atoms with E-state index >= 15 is 0 Å². The molecule has 12 nitrogen and oxygen atoms in total. The van der Waals surface area contributed by atoms with E-state index in [1.54, 1.807) is 0 Å². The van der Waals surface area contributed by atoms with Crippen molar-refractivity contribution in [3.05, 3.63) is 85.1 Å². The molecule has 0 aromatic carbocycles. The molecular formula is C69H116O12. The zero-order valence-electron chi connectivity index (χ0n) is 51.3. The number of carbonyl (C=O) groups excluding carboxylic acids is 3. The fourth-order valence-electron chi connectivity index (χ4n) is 9.44. The minimum absolute atomic E-state index is 0.0493. The summed E-state index contributed by atoms with van der Waals surface area (Å²) in [5, 5.41) is 31.6. The van der Waals surface area contributed by atoms with E-state index < -0.39 is 67.3 Å². The molecule has 0 amide bonds. The van der Waals surface area contributed by atoms with Crippen molar-refractivity contribution in [2.45, 2.75) is 314 Å². The number of hydrogen-bond donors (Lipinski definition) is 3. The van der Waals surface area contributed by atoms with Crippen LogP contribution in [0.25, 0.3) is 0 Å². The molecule has 0 spiro atoms. The summed E-state index contributed by atoms with van der Waals surface area (Å²) in [7, 11) is 0. The maximum atomic E-state index is 13.2. The smallest absolute Gasteiger partial charge is 0.335 e. The predicted octanol–water partition coefficient (Wildman–Crippen LogP) is 17.5. The molecule has 0 aromatic rings. The van der Waals surface area contributed by atoms with Crippen LogP contribution in [0, 0.1) is 0 Å². The van der Waals surface area contributed by atoms with E-state index in [2.05, 4.69) is 106 Å². The highest BCUT2D eigenvalue weighted by Gasteiger charge is 2.50. The summed E-state index contributed by atoms with van der Waals surface area (Å²) in [5.41, 5.74) is 0. The van der Waals surface area contributed by atoms with Gasteiger partial charge in [-0.2, -0.15) is 0 Å². The van der Waals surface area contributed by atoms with Crippen molar-refractivity contribution in [1.29, 1.82) is 0 Å². The van der Waals surface area contributed by atoms with Gasteiger partial charge in [-0.1, -0.05) is 228 Å². The van der Waals surface area contributed by atoms with Gasteiger partial charge in [0.25, 0.3) is 0 Å². The highest BCUT2D eigenvalue weighted by atomic mass is 16.7. The number of aliphatic hydroxyl groups is 2. The Morgan fingerprint density at radius 3 is 1.21 bits per heavy atom. The SMILES string of the molecule is CC/C=C\C/C=C\C/C=C\C/C=C\C/C=C\CCCCCC(=O)OCC(COC1OC(C(=O)O)C(O)C(O)C1OC(=O)CCCCCCCCC/C=C\CCCCCCCC)OC(=O)CCCCCCC/C=C\CCCCCCCC. The molecule has 1 saturated heterocycles. The van der Waals surface area contributed by atoms with Gasteiger partial charge in [-0.15, -0.1) is 0 Å². The number of hydrogen-bond acceptors (Lipinski definition) is 11. The Labute approximate surface area is 492 Å². The average Bonchev–Trinajstić information content (AvgIpc) is 3.53. The second-order valence-corrected chi connectivity index (χ2v) is 22.0. The molecule has 464 valence electrons. The third-order valence-corrected chi connectivity index (χ3v) is 14.4. The fraction of sp³-hybridized carbons (Fsp3) is 0.739. The molecular weight excluding hydrogens is 1020 g/mol. The van der Waals surface area contributed by atoms with Crippen LogP contribution in [-0.2, 0) is 42.9 Å². The first-order valence-electron chi connectivity index (χ1n) is 32.6. The molecule has 1 aliphatic rings. The molecule has 6 unspecified atom stereocenters. The first-order chi connectivity index (χ1) is 39.6. The van der Waals surface area contributed by atoms with Crippen LogP contribution in [0.4, 0.5) is 0 Å². The first kappa shape index (κ1) is 74.9. The molecule has 0 aromatic heterocycles. The molecule has 1 aliphatic heterocycles. The number of carbonyl (C=O) groups is 4. The molecule has 1 heterocycles. The zero-order valence-corrected chi connectivity index (χ0v) is 51.3. The molecule has 6 atom stereocenters. The molecule has 12 heteroatoms. The van der Waals surface area contributed by atoms with Crippen LogP contribution in [0.15, 0.2) is 85.1 Å². The lowest BCUT2D eigenvalue weighted by Crippen LogP contribution is -2.61. The second-order valence-electron chi connectivity index (χ2n) is 22.0. The van der Waals surface area contributed by atoms with Gasteiger partial charge < -0.3 is 39.0 Å². The van der Waals surface area contributed by atoms with E-state index in [9.17, 15) is 34.5 Å². The second kappa shape index (κ2) is 56.4. The number of rotatable bonds is 55. The third kappa shape index (κ3) is 46.0. The van der Waals surface area contributed by atoms with E-state index in [-0.39, 0.29) is 25.9 Å². The molecule has 1 rings (SSSR count). The molecule has 0 aliphatic carbocycles. The monoisotopic (exact) mass is 1140 g/mol. The number of carboxylic acid groups (broad SMARTS) is 1. The first-order valence-corrected chi connectivity index (χ1v) is 32.6. The number of aliphatic hydroxyl groups excluding tert-OH is 2. The molecule has 3 N–H and O–H groups in total. The highest BCUT2D eigenvalue weighted by Crippen LogP contribution is 2.26. The lowest BCUT2D eigenvalue weighted by Gasteiger charge is -2.40. The minimum atomic E-state index is -1.91. The van der Waals surface area contributed by atoms with Gasteiger partial charge in [0.2, 0.25) is 0 Å². The van der Waals surface area contributed by atoms with Crippen molar-refractivity contribution < 1.29 is 58.2 Å². The van der Waals surface area contributed by atoms with Crippen LogP contribution >= 0.6 is 0 Å². The van der Waals surface area contributed by atoms with Crippen LogP contribution in [0.5, 0.6) is 0 Å². The molecule has 81 heavy (non-hydrogen) atoms. The summed E-state index contributed by atoms with van der Waals surface area (Å²) in [6, 6.07) is 0. The molecule has 0 bridgehead atoms. The Morgan fingerprint density at radius 2 is 0.778 bits per heavy atom. The van der Waals surface area contributed by atoms with E-state index in [4.69, 9.17) is 23.7 Å². The molecule has 0 saturated carbocycles. The van der Waals surface area contributed by atoms with Crippen molar-refractivity contribution in [1.82, 2.24) is 0 Å². The Morgan fingerprint density at radius 1 is 0.420 bits per heavy atom. The van der Waals surface area contributed by atoms with Gasteiger partial charge in [0, 0.05) is 19.3 Å². The van der Waals surface area contributed by atoms with Crippen LogP contribution in [0.1, 0.15) is 278 Å². The van der Waals surface area contributed by atoms with Gasteiger partial charge in [-0.25, -0.2) is 4.79 Å². The summed E-state index contributed by atoms with van der Waals surface area (Å²) in [6.07, 6.45) is 61.1. The van der Waals surface area contributed by atoms with Gasteiger partial charge in [0.1, 0.15) is 18.8 Å². The fourth-order valence-corrected chi connectivity index (χ4v) is 9.44. The highest BCUT2D eigenvalue weighted by molar-refractivity contribution is 5.74. The van der Waals surface area contributed by atoms with Crippen molar-refractivity contribution in [3.8, 4) is 0 Å². The summed E-state index contributed by atoms with van der Waals surface area (Å²) in [4.78, 5) is 51.3. The normalized spacial score (nSPS) is 18.3. The van der Waals surface area contributed by atoms with Gasteiger partial charge in [-0.3, -0.25) is 14.4 Å². The van der Waals surface area contributed by atoms with Crippen LogP contribution in [0.2, 0.25) is 0 Å². The minimum Gasteiger partial charge on any atom is -0.479 e. The summed E-state index contributed by atoms with van der Waals surface area (Å²) < 4.78 is 28.5. The largest absolute Gasteiger partial charge is 0.479 e. The van der Waals surface area contributed by atoms with Gasteiger partial charge in [0.05, 0.1) is 6.61 Å². The lowest BCUT2D eigenvalue weighted by atomic mass is 9.98. The maximum Gasteiger partial charge on any atom is 0.335 e. The van der Waals surface area contributed by atoms with Gasteiger partial charge >= 0.3 is 23.9 Å². The van der Waals surface area contributed by atoms with Gasteiger partial charge in [-0.05, 0) is 116 Å². The number of unbranched alkanes of at least 4 members (excludes halogenated alkanes) is 27. The Kier molecular flexibility index (Phi) is 52.1. The number of esters is 3.